The Morgan fingerprint density at radius 1 is 1.00 bits per heavy atom. The third kappa shape index (κ3) is 3.75. The van der Waals surface area contributed by atoms with Gasteiger partial charge in [-0.1, -0.05) is 23.7 Å². The van der Waals surface area contributed by atoms with Gasteiger partial charge in [-0.25, -0.2) is 4.68 Å². The lowest BCUT2D eigenvalue weighted by molar-refractivity contribution is 0.0746. The normalized spacial score (nSPS) is 14.1. The molecule has 0 unspecified atom stereocenters. The van der Waals surface area contributed by atoms with Gasteiger partial charge in [-0.2, -0.15) is 5.10 Å². The topological polar surface area (TPSA) is 50.6 Å². The quantitative estimate of drug-likeness (QED) is 0.632. The second kappa shape index (κ2) is 8.40. The second-order valence-corrected chi connectivity index (χ2v) is 7.77. The number of para-hydroxylation sites is 2. The molecule has 6 nitrogen and oxygen atoms in total. The molecule has 2 heterocycles. The monoisotopic (exact) mass is 424 g/mol. The molecule has 1 amide bonds. The highest BCUT2D eigenvalue weighted by atomic mass is 35.5. The van der Waals surface area contributed by atoms with Crippen LogP contribution in [0.4, 0.5) is 5.69 Å². The predicted molar refractivity (Wildman–Crippen MR) is 119 cm³/mol. The summed E-state index contributed by atoms with van der Waals surface area (Å²) in [7, 11) is 1.68. The van der Waals surface area contributed by atoms with Gasteiger partial charge in [-0.3, -0.25) is 4.79 Å². The molecule has 7 heteroatoms. The molecule has 156 valence electrons. The van der Waals surface area contributed by atoms with Crippen LogP contribution >= 0.6 is 11.6 Å². The third-order valence-electron chi connectivity index (χ3n) is 5.55. The highest BCUT2D eigenvalue weighted by molar-refractivity contribution is 6.31. The molecule has 1 fully saturated rings. The first kappa shape index (κ1) is 20.3. The Labute approximate surface area is 181 Å². The van der Waals surface area contributed by atoms with Crippen molar-refractivity contribution < 1.29 is 9.53 Å². The van der Waals surface area contributed by atoms with Crippen LogP contribution in [0.1, 0.15) is 21.7 Å². The molecular weight excluding hydrogens is 400 g/mol. The minimum atomic E-state index is 0.0487. The van der Waals surface area contributed by atoms with Crippen LogP contribution < -0.4 is 9.64 Å². The average Bonchev–Trinajstić information content (AvgIpc) is 3.06. The number of rotatable bonds is 4. The molecule has 3 aromatic rings. The van der Waals surface area contributed by atoms with Crippen molar-refractivity contribution in [2.24, 2.45) is 0 Å². The van der Waals surface area contributed by atoms with E-state index < -0.39 is 0 Å². The maximum Gasteiger partial charge on any atom is 0.253 e. The standard InChI is InChI=1S/C23H25ClN4O2/c1-16-22(24)17(2)28(25-16)19-10-8-18(9-11-19)23(29)27-14-12-26(13-15-27)20-6-4-5-7-21(20)30-3/h4-11H,12-15H2,1-3H3. The number of ether oxygens (including phenoxy) is 1. The average molecular weight is 425 g/mol. The van der Waals surface area contributed by atoms with Crippen molar-refractivity contribution in [2.45, 2.75) is 13.8 Å². The zero-order valence-corrected chi connectivity index (χ0v) is 18.2. The number of hydrogen-bond acceptors (Lipinski definition) is 4. The van der Waals surface area contributed by atoms with Crippen molar-refractivity contribution in [3.05, 3.63) is 70.5 Å². The number of piperazine rings is 1. The summed E-state index contributed by atoms with van der Waals surface area (Å²) < 4.78 is 7.27. The fourth-order valence-corrected chi connectivity index (χ4v) is 3.96. The van der Waals surface area contributed by atoms with Crippen molar-refractivity contribution in [1.82, 2.24) is 14.7 Å². The Balaban J connectivity index is 1.44. The number of nitrogens with zero attached hydrogens (tertiary/aromatic N) is 4. The summed E-state index contributed by atoms with van der Waals surface area (Å²) in [5, 5.41) is 5.14. The van der Waals surface area contributed by atoms with Gasteiger partial charge >= 0.3 is 0 Å². The fourth-order valence-electron chi connectivity index (χ4n) is 3.84. The first-order chi connectivity index (χ1) is 14.5. The van der Waals surface area contributed by atoms with Crippen molar-refractivity contribution in [3.8, 4) is 11.4 Å². The number of carbonyl (C=O) groups excluding carboxylic acids is 1. The summed E-state index contributed by atoms with van der Waals surface area (Å²) in [5.74, 6) is 0.907. The highest BCUT2D eigenvalue weighted by Gasteiger charge is 2.24. The number of carbonyl (C=O) groups is 1. The Hall–Kier alpha value is -2.99. The minimum absolute atomic E-state index is 0.0487. The number of amides is 1. The van der Waals surface area contributed by atoms with Crippen LogP contribution in [-0.2, 0) is 0 Å². The first-order valence-corrected chi connectivity index (χ1v) is 10.4. The van der Waals surface area contributed by atoms with Crippen LogP contribution in [0, 0.1) is 13.8 Å². The number of aryl methyl sites for hydroxylation is 1. The lowest BCUT2D eigenvalue weighted by Crippen LogP contribution is -2.48. The number of benzene rings is 2. The van der Waals surface area contributed by atoms with Gasteiger partial charge in [0.15, 0.2) is 0 Å². The van der Waals surface area contributed by atoms with Gasteiger partial charge < -0.3 is 14.5 Å². The lowest BCUT2D eigenvalue weighted by Gasteiger charge is -2.36. The maximum absolute atomic E-state index is 13.0. The van der Waals surface area contributed by atoms with Gasteiger partial charge in [-0.05, 0) is 50.2 Å². The molecule has 4 rings (SSSR count). The molecule has 0 atom stereocenters. The number of methoxy groups -OCH3 is 1. The SMILES string of the molecule is COc1ccccc1N1CCN(C(=O)c2ccc(-n3nc(C)c(Cl)c3C)cc2)CC1. The number of halogens is 1. The summed E-state index contributed by atoms with van der Waals surface area (Å²) in [5.41, 5.74) is 4.32. The Morgan fingerprint density at radius 2 is 1.67 bits per heavy atom. The molecule has 1 aliphatic rings. The molecule has 2 aromatic carbocycles. The molecule has 0 spiro atoms. The Kier molecular flexibility index (Phi) is 5.68. The minimum Gasteiger partial charge on any atom is -0.495 e. The van der Waals surface area contributed by atoms with Gasteiger partial charge in [-0.15, -0.1) is 0 Å². The van der Waals surface area contributed by atoms with Crippen LogP contribution in [0.15, 0.2) is 48.5 Å². The summed E-state index contributed by atoms with van der Waals surface area (Å²) >= 11 is 6.25. The Bertz CT molecular complexity index is 1050. The smallest absolute Gasteiger partial charge is 0.253 e. The molecule has 0 radical (unpaired) electrons. The molecular formula is C23H25ClN4O2. The predicted octanol–water partition coefficient (Wildman–Crippen LogP) is 4.11. The molecule has 0 N–H and O–H groups in total. The van der Waals surface area contributed by atoms with E-state index in [1.54, 1.807) is 11.8 Å². The van der Waals surface area contributed by atoms with Crippen molar-refractivity contribution >= 4 is 23.2 Å². The summed E-state index contributed by atoms with van der Waals surface area (Å²) in [6.07, 6.45) is 0. The summed E-state index contributed by atoms with van der Waals surface area (Å²) in [6.45, 7) is 6.71. The van der Waals surface area contributed by atoms with E-state index in [0.717, 1.165) is 41.6 Å². The second-order valence-electron chi connectivity index (χ2n) is 7.39. The summed E-state index contributed by atoms with van der Waals surface area (Å²) in [4.78, 5) is 17.1. The Morgan fingerprint density at radius 3 is 2.27 bits per heavy atom. The van der Waals surface area contributed by atoms with E-state index in [0.29, 0.717) is 23.7 Å². The van der Waals surface area contributed by atoms with Crippen molar-refractivity contribution in [2.75, 3.05) is 38.2 Å². The van der Waals surface area contributed by atoms with Gasteiger partial charge in [0.2, 0.25) is 0 Å². The summed E-state index contributed by atoms with van der Waals surface area (Å²) in [6, 6.07) is 15.5. The molecule has 30 heavy (non-hydrogen) atoms. The molecule has 0 aliphatic carbocycles. The highest BCUT2D eigenvalue weighted by Crippen LogP contribution is 2.28. The van der Waals surface area contributed by atoms with Crippen LogP contribution in [-0.4, -0.2) is 53.9 Å². The van der Waals surface area contributed by atoms with E-state index in [1.165, 1.54) is 0 Å². The number of hydrogen-bond donors (Lipinski definition) is 0. The van der Waals surface area contributed by atoms with E-state index in [9.17, 15) is 4.79 Å². The van der Waals surface area contributed by atoms with Crippen molar-refractivity contribution in [3.63, 3.8) is 0 Å². The van der Waals surface area contributed by atoms with Crippen LogP contribution in [0.5, 0.6) is 5.75 Å². The van der Waals surface area contributed by atoms with Crippen LogP contribution in [0.2, 0.25) is 5.02 Å². The largest absolute Gasteiger partial charge is 0.495 e. The van der Waals surface area contributed by atoms with Gasteiger partial charge in [0.25, 0.3) is 5.91 Å². The molecule has 1 saturated heterocycles. The zero-order chi connectivity index (χ0) is 21.3. The molecule has 0 bridgehead atoms. The van der Waals surface area contributed by atoms with E-state index in [1.807, 2.05) is 61.2 Å². The lowest BCUT2D eigenvalue weighted by atomic mass is 10.1. The maximum atomic E-state index is 13.0. The first-order valence-electron chi connectivity index (χ1n) is 9.99. The van der Waals surface area contributed by atoms with E-state index >= 15 is 0 Å². The third-order valence-corrected chi connectivity index (χ3v) is 6.10. The van der Waals surface area contributed by atoms with E-state index in [2.05, 4.69) is 16.1 Å². The van der Waals surface area contributed by atoms with Crippen LogP contribution in [0.25, 0.3) is 5.69 Å². The fraction of sp³-hybridized carbons (Fsp3) is 0.304. The molecule has 1 aliphatic heterocycles. The number of anilines is 1. The van der Waals surface area contributed by atoms with Crippen LogP contribution in [0.3, 0.4) is 0 Å². The molecule has 1 aromatic heterocycles. The molecule has 0 saturated carbocycles. The van der Waals surface area contributed by atoms with E-state index in [-0.39, 0.29) is 5.91 Å². The van der Waals surface area contributed by atoms with Gasteiger partial charge in [0.05, 0.1) is 34.9 Å². The van der Waals surface area contributed by atoms with Gasteiger partial charge in [0, 0.05) is 31.7 Å². The van der Waals surface area contributed by atoms with E-state index in [4.69, 9.17) is 16.3 Å². The number of aromatic nitrogens is 2. The van der Waals surface area contributed by atoms with Gasteiger partial charge in [0.1, 0.15) is 5.75 Å². The zero-order valence-electron chi connectivity index (χ0n) is 17.4. The van der Waals surface area contributed by atoms with Crippen molar-refractivity contribution in [1.29, 1.82) is 0 Å².